The molecule has 2 aromatic rings. The number of aromatic nitrogens is 2. The zero-order chi connectivity index (χ0) is 13.8. The lowest BCUT2D eigenvalue weighted by Gasteiger charge is -2.06. The lowest BCUT2D eigenvalue weighted by molar-refractivity contribution is 0.318. The number of nitrogens with zero attached hydrogens (tertiary/aromatic N) is 2. The van der Waals surface area contributed by atoms with Crippen molar-refractivity contribution in [3.05, 3.63) is 51.8 Å². The number of rotatable bonds is 3. The summed E-state index contributed by atoms with van der Waals surface area (Å²) in [5.41, 5.74) is 11.8. The fourth-order valence-corrected chi connectivity index (χ4v) is 1.70. The molecule has 0 amide bonds. The van der Waals surface area contributed by atoms with Gasteiger partial charge in [-0.05, 0) is 5.56 Å². The number of nitrogens with one attached hydrogen (secondary N) is 1. The predicted molar refractivity (Wildman–Crippen MR) is 72.2 cm³/mol. The van der Waals surface area contributed by atoms with E-state index in [2.05, 4.69) is 15.1 Å². The van der Waals surface area contributed by atoms with Crippen molar-refractivity contribution in [2.75, 3.05) is 11.5 Å². The van der Waals surface area contributed by atoms with E-state index in [0.717, 1.165) is 0 Å². The number of nitrogens with two attached hydrogens (primary N) is 2. The minimum Gasteiger partial charge on any atom is -0.411 e. The van der Waals surface area contributed by atoms with Crippen molar-refractivity contribution in [1.82, 2.24) is 9.97 Å². The molecule has 6 N–H and O–H groups in total. The van der Waals surface area contributed by atoms with E-state index in [9.17, 15) is 4.79 Å². The van der Waals surface area contributed by atoms with E-state index in [-0.39, 0.29) is 23.8 Å². The van der Waals surface area contributed by atoms with Gasteiger partial charge in [0.1, 0.15) is 5.82 Å². The number of nitrogen functional groups attached to an aromatic ring is 2. The van der Waals surface area contributed by atoms with E-state index in [4.69, 9.17) is 16.7 Å². The number of hydrogen-bond acceptors (Lipinski definition) is 6. The highest BCUT2D eigenvalue weighted by atomic mass is 16.4. The smallest absolute Gasteiger partial charge is 0.257 e. The van der Waals surface area contributed by atoms with E-state index < -0.39 is 5.56 Å². The highest BCUT2D eigenvalue weighted by molar-refractivity contribution is 6.01. The summed E-state index contributed by atoms with van der Waals surface area (Å²) in [7, 11) is 0. The molecule has 1 heterocycles. The molecule has 0 atom stereocenters. The Morgan fingerprint density at radius 3 is 2.58 bits per heavy atom. The third-order valence-electron chi connectivity index (χ3n) is 2.64. The second-order valence-electron chi connectivity index (χ2n) is 3.90. The molecule has 19 heavy (non-hydrogen) atoms. The third-order valence-corrected chi connectivity index (χ3v) is 2.64. The monoisotopic (exact) mass is 259 g/mol. The Kier molecular flexibility index (Phi) is 3.46. The number of oxime groups is 1. The molecule has 0 aliphatic rings. The van der Waals surface area contributed by atoms with Gasteiger partial charge in [0.25, 0.3) is 5.56 Å². The van der Waals surface area contributed by atoms with Gasteiger partial charge >= 0.3 is 0 Å². The Morgan fingerprint density at radius 1 is 1.32 bits per heavy atom. The molecule has 7 nitrogen and oxygen atoms in total. The fraction of sp³-hybridized carbons (Fsp3) is 0.0833. The van der Waals surface area contributed by atoms with Crippen LogP contribution in [0.25, 0.3) is 0 Å². The molecule has 0 aliphatic carbocycles. The standard InChI is InChI=1S/C12H13N5O2/c13-10-8(11(18)16-12(14)15-10)6-9(17-19)7-4-2-1-3-5-7/h1-5,19H,6H2,(H5,13,14,15,16,18)/b17-9+. The molecule has 7 heteroatoms. The maximum Gasteiger partial charge on any atom is 0.257 e. The van der Waals surface area contributed by atoms with Crippen LogP contribution in [0.2, 0.25) is 0 Å². The first-order valence-corrected chi connectivity index (χ1v) is 5.52. The normalized spacial score (nSPS) is 11.5. The quantitative estimate of drug-likeness (QED) is 0.359. The number of anilines is 2. The summed E-state index contributed by atoms with van der Waals surface area (Å²) in [6.07, 6.45) is 0.0644. The molecule has 0 fully saturated rings. The van der Waals surface area contributed by atoms with Gasteiger partial charge in [-0.2, -0.15) is 4.98 Å². The van der Waals surface area contributed by atoms with Crippen LogP contribution in [0.4, 0.5) is 11.8 Å². The van der Waals surface area contributed by atoms with Gasteiger partial charge in [0.05, 0.1) is 11.3 Å². The van der Waals surface area contributed by atoms with Crippen molar-refractivity contribution < 1.29 is 5.21 Å². The molecule has 0 saturated heterocycles. The second-order valence-corrected chi connectivity index (χ2v) is 3.90. The van der Waals surface area contributed by atoms with E-state index in [1.54, 1.807) is 24.3 Å². The Hall–Kier alpha value is -2.83. The number of aromatic amines is 1. The highest BCUT2D eigenvalue weighted by Gasteiger charge is 2.13. The molecule has 0 unspecified atom stereocenters. The van der Waals surface area contributed by atoms with E-state index in [1.165, 1.54) is 0 Å². The van der Waals surface area contributed by atoms with Gasteiger partial charge in [0.2, 0.25) is 5.95 Å². The molecule has 0 spiro atoms. The van der Waals surface area contributed by atoms with Crippen LogP contribution in [0.5, 0.6) is 0 Å². The van der Waals surface area contributed by atoms with Crippen molar-refractivity contribution in [2.24, 2.45) is 5.16 Å². The van der Waals surface area contributed by atoms with Gasteiger partial charge in [-0.1, -0.05) is 35.5 Å². The van der Waals surface area contributed by atoms with Gasteiger partial charge < -0.3 is 16.7 Å². The molecule has 0 radical (unpaired) electrons. The van der Waals surface area contributed by atoms with Crippen LogP contribution in [0.3, 0.4) is 0 Å². The molecule has 0 bridgehead atoms. The van der Waals surface area contributed by atoms with Gasteiger partial charge in [0.15, 0.2) is 0 Å². The van der Waals surface area contributed by atoms with E-state index in [0.29, 0.717) is 11.3 Å². The van der Waals surface area contributed by atoms with E-state index >= 15 is 0 Å². The first-order chi connectivity index (χ1) is 9.11. The largest absolute Gasteiger partial charge is 0.411 e. The number of H-pyrrole nitrogens is 1. The van der Waals surface area contributed by atoms with E-state index in [1.807, 2.05) is 6.07 Å². The molecule has 1 aromatic heterocycles. The van der Waals surface area contributed by atoms with Crippen LogP contribution in [0.15, 0.2) is 40.3 Å². The van der Waals surface area contributed by atoms with Crippen LogP contribution >= 0.6 is 0 Å². The average molecular weight is 259 g/mol. The summed E-state index contributed by atoms with van der Waals surface area (Å²) < 4.78 is 0. The average Bonchev–Trinajstić information content (AvgIpc) is 2.39. The Morgan fingerprint density at radius 2 is 2.00 bits per heavy atom. The number of benzene rings is 1. The van der Waals surface area contributed by atoms with Crippen molar-refractivity contribution in [3.63, 3.8) is 0 Å². The molecular formula is C12H13N5O2. The van der Waals surface area contributed by atoms with Crippen molar-refractivity contribution >= 4 is 17.5 Å². The molecular weight excluding hydrogens is 246 g/mol. The fourth-order valence-electron chi connectivity index (χ4n) is 1.70. The maximum absolute atomic E-state index is 11.8. The Balaban J connectivity index is 2.38. The van der Waals surface area contributed by atoms with Crippen LogP contribution in [-0.2, 0) is 6.42 Å². The maximum atomic E-state index is 11.8. The van der Waals surface area contributed by atoms with Gasteiger partial charge in [-0.25, -0.2) is 0 Å². The summed E-state index contributed by atoms with van der Waals surface area (Å²) >= 11 is 0. The lowest BCUT2D eigenvalue weighted by atomic mass is 10.0. The summed E-state index contributed by atoms with van der Waals surface area (Å²) in [4.78, 5) is 17.9. The Labute approximate surface area is 108 Å². The zero-order valence-corrected chi connectivity index (χ0v) is 10.00. The molecule has 0 aliphatic heterocycles. The van der Waals surface area contributed by atoms with Gasteiger partial charge in [0, 0.05) is 6.42 Å². The summed E-state index contributed by atoms with van der Waals surface area (Å²) in [6, 6.07) is 8.98. The molecule has 2 rings (SSSR count). The minimum atomic E-state index is -0.443. The third kappa shape index (κ3) is 2.71. The van der Waals surface area contributed by atoms with Crippen LogP contribution < -0.4 is 17.0 Å². The molecule has 0 saturated carbocycles. The topological polar surface area (TPSA) is 130 Å². The van der Waals surface area contributed by atoms with Crippen LogP contribution in [0.1, 0.15) is 11.1 Å². The Bertz CT molecular complexity index is 664. The summed E-state index contributed by atoms with van der Waals surface area (Å²) in [5.74, 6) is -0.0215. The molecule has 98 valence electrons. The first-order valence-electron chi connectivity index (χ1n) is 5.52. The van der Waals surface area contributed by atoms with Crippen molar-refractivity contribution in [2.45, 2.75) is 6.42 Å². The van der Waals surface area contributed by atoms with Crippen LogP contribution in [-0.4, -0.2) is 20.9 Å². The highest BCUT2D eigenvalue weighted by Crippen LogP contribution is 2.10. The summed E-state index contributed by atoms with van der Waals surface area (Å²) in [6.45, 7) is 0. The first kappa shape index (κ1) is 12.6. The van der Waals surface area contributed by atoms with Gasteiger partial charge in [-0.3, -0.25) is 9.78 Å². The van der Waals surface area contributed by atoms with Gasteiger partial charge in [-0.15, -0.1) is 0 Å². The number of hydrogen-bond donors (Lipinski definition) is 4. The SMILES string of the molecule is Nc1nc(N)c(C/C(=N\O)c2ccccc2)c(=O)[nH]1. The molecule has 1 aromatic carbocycles. The predicted octanol–water partition coefficient (Wildman–Crippen LogP) is 0.355. The minimum absolute atomic E-state index is 0.0262. The van der Waals surface area contributed by atoms with Crippen molar-refractivity contribution in [3.8, 4) is 0 Å². The lowest BCUT2D eigenvalue weighted by Crippen LogP contribution is -2.22. The second kappa shape index (κ2) is 5.21. The van der Waals surface area contributed by atoms with Crippen LogP contribution in [0, 0.1) is 0 Å². The van der Waals surface area contributed by atoms with Crippen molar-refractivity contribution in [1.29, 1.82) is 0 Å². The zero-order valence-electron chi connectivity index (χ0n) is 10.00. The summed E-state index contributed by atoms with van der Waals surface area (Å²) in [5, 5.41) is 12.3.